The summed E-state index contributed by atoms with van der Waals surface area (Å²) in [4.78, 5) is 25.9. The van der Waals surface area contributed by atoms with Gasteiger partial charge in [-0.3, -0.25) is 9.59 Å². The molecule has 1 heterocycles. The van der Waals surface area contributed by atoms with Crippen LogP contribution < -0.4 is 5.56 Å². The van der Waals surface area contributed by atoms with Crippen LogP contribution in [-0.2, 0) is 4.79 Å². The zero-order valence-corrected chi connectivity index (χ0v) is 11.7. The van der Waals surface area contributed by atoms with E-state index in [9.17, 15) is 9.59 Å². The van der Waals surface area contributed by atoms with Crippen molar-refractivity contribution in [2.24, 2.45) is 0 Å². The first-order valence-electron chi connectivity index (χ1n) is 6.06. The van der Waals surface area contributed by atoms with Gasteiger partial charge in [0.05, 0.1) is 11.8 Å². The Balaban J connectivity index is 2.35. The quantitative estimate of drug-likeness (QED) is 0.674. The Hall–Kier alpha value is -2.08. The van der Waals surface area contributed by atoms with Gasteiger partial charge in [0.25, 0.3) is 5.56 Å². The normalized spacial score (nSPS) is 12.1. The largest absolute Gasteiger partial charge is 0.481 e. The molecule has 0 aliphatic heterocycles. The molecule has 6 heteroatoms. The number of carboxylic acid groups (broad SMARTS) is 1. The highest BCUT2D eigenvalue weighted by Gasteiger charge is 2.13. The lowest BCUT2D eigenvalue weighted by atomic mass is 10.1. The second kappa shape index (κ2) is 6.38. The SMILES string of the molecule is CC(c1ccccc1)n1ccc(=O)nc1SCC(=O)O. The molecule has 1 unspecified atom stereocenters. The number of hydrogen-bond donors (Lipinski definition) is 1. The van der Waals surface area contributed by atoms with Gasteiger partial charge in [0, 0.05) is 12.3 Å². The number of carbonyl (C=O) groups is 1. The summed E-state index contributed by atoms with van der Waals surface area (Å²) in [5.74, 6) is -1.06. The van der Waals surface area contributed by atoms with Crippen molar-refractivity contribution in [1.29, 1.82) is 0 Å². The molecule has 1 atom stereocenters. The maximum Gasteiger partial charge on any atom is 0.313 e. The van der Waals surface area contributed by atoms with Crippen molar-refractivity contribution in [1.82, 2.24) is 9.55 Å². The summed E-state index contributed by atoms with van der Waals surface area (Å²) < 4.78 is 1.81. The Morgan fingerprint density at radius 3 is 2.70 bits per heavy atom. The molecule has 0 aliphatic carbocycles. The molecule has 0 amide bonds. The predicted octanol–water partition coefficient (Wildman–Crippen LogP) is 2.03. The van der Waals surface area contributed by atoms with Crippen LogP contribution in [0.25, 0.3) is 0 Å². The monoisotopic (exact) mass is 290 g/mol. The second-order valence-electron chi connectivity index (χ2n) is 4.22. The van der Waals surface area contributed by atoms with Crippen molar-refractivity contribution in [2.75, 3.05) is 5.75 Å². The molecule has 2 rings (SSSR count). The minimum absolute atomic E-state index is 0.0272. The maximum absolute atomic E-state index is 11.4. The van der Waals surface area contributed by atoms with Crippen LogP contribution in [0.5, 0.6) is 0 Å². The zero-order chi connectivity index (χ0) is 14.5. The van der Waals surface area contributed by atoms with Crippen LogP contribution in [0.2, 0.25) is 0 Å². The van der Waals surface area contributed by atoms with Gasteiger partial charge in [-0.2, -0.15) is 4.98 Å². The van der Waals surface area contributed by atoms with Crippen LogP contribution in [0.1, 0.15) is 18.5 Å². The molecule has 0 radical (unpaired) electrons. The number of hydrogen-bond acceptors (Lipinski definition) is 4. The standard InChI is InChI=1S/C14H14N2O3S/c1-10(11-5-3-2-4-6-11)16-8-7-12(17)15-14(16)20-9-13(18)19/h2-8,10H,9H2,1H3,(H,18,19). The summed E-state index contributed by atoms with van der Waals surface area (Å²) in [5, 5.41) is 9.17. The fourth-order valence-electron chi connectivity index (χ4n) is 1.82. The third-order valence-electron chi connectivity index (χ3n) is 2.83. The molecule has 104 valence electrons. The van der Waals surface area contributed by atoms with E-state index in [4.69, 9.17) is 5.11 Å². The van der Waals surface area contributed by atoms with Crippen LogP contribution in [0.3, 0.4) is 0 Å². The fraction of sp³-hybridized carbons (Fsp3) is 0.214. The maximum atomic E-state index is 11.4. The Kier molecular flexibility index (Phi) is 4.57. The molecule has 0 bridgehead atoms. The van der Waals surface area contributed by atoms with Gasteiger partial charge in [-0.25, -0.2) is 0 Å². The van der Waals surface area contributed by atoms with E-state index in [0.717, 1.165) is 17.3 Å². The molecular weight excluding hydrogens is 276 g/mol. The Bertz CT molecular complexity index is 655. The van der Waals surface area contributed by atoms with Crippen LogP contribution >= 0.6 is 11.8 Å². The first-order valence-corrected chi connectivity index (χ1v) is 7.05. The van der Waals surface area contributed by atoms with Gasteiger partial charge in [-0.15, -0.1) is 0 Å². The third-order valence-corrected chi connectivity index (χ3v) is 3.78. The number of nitrogens with zero attached hydrogens (tertiary/aromatic N) is 2. The highest BCUT2D eigenvalue weighted by atomic mass is 32.2. The molecule has 2 aromatic rings. The number of thioether (sulfide) groups is 1. The van der Waals surface area contributed by atoms with Gasteiger partial charge in [0.2, 0.25) is 0 Å². The molecule has 0 spiro atoms. The van der Waals surface area contributed by atoms with Gasteiger partial charge >= 0.3 is 5.97 Å². The van der Waals surface area contributed by atoms with Crippen molar-refractivity contribution in [3.8, 4) is 0 Å². The van der Waals surface area contributed by atoms with Gasteiger partial charge in [0.1, 0.15) is 0 Å². The van der Waals surface area contributed by atoms with Crippen molar-refractivity contribution in [3.63, 3.8) is 0 Å². The summed E-state index contributed by atoms with van der Waals surface area (Å²) in [5.41, 5.74) is 0.699. The van der Waals surface area contributed by atoms with E-state index in [0.29, 0.717) is 5.16 Å². The summed E-state index contributed by atoms with van der Waals surface area (Å²) >= 11 is 1.04. The molecule has 1 N–H and O–H groups in total. The van der Waals surface area contributed by atoms with Gasteiger partial charge in [0.15, 0.2) is 5.16 Å². The fourth-order valence-corrected chi connectivity index (χ4v) is 2.59. The smallest absolute Gasteiger partial charge is 0.313 e. The van der Waals surface area contributed by atoms with E-state index in [1.165, 1.54) is 6.07 Å². The lowest BCUT2D eigenvalue weighted by Crippen LogP contribution is -2.17. The van der Waals surface area contributed by atoms with E-state index in [2.05, 4.69) is 4.98 Å². The number of aromatic nitrogens is 2. The van der Waals surface area contributed by atoms with Crippen LogP contribution in [0, 0.1) is 0 Å². The van der Waals surface area contributed by atoms with E-state index in [1.54, 1.807) is 6.20 Å². The van der Waals surface area contributed by atoms with Crippen molar-refractivity contribution in [2.45, 2.75) is 18.1 Å². The minimum Gasteiger partial charge on any atom is -0.481 e. The van der Waals surface area contributed by atoms with E-state index < -0.39 is 5.97 Å². The first kappa shape index (κ1) is 14.3. The minimum atomic E-state index is -0.938. The average Bonchev–Trinajstić information content (AvgIpc) is 2.45. The van der Waals surface area contributed by atoms with Crippen molar-refractivity contribution < 1.29 is 9.90 Å². The second-order valence-corrected chi connectivity index (χ2v) is 5.17. The van der Waals surface area contributed by atoms with E-state index >= 15 is 0 Å². The Labute approximate surface area is 120 Å². The topological polar surface area (TPSA) is 72.2 Å². The summed E-state index contributed by atoms with van der Waals surface area (Å²) in [6.45, 7) is 1.98. The summed E-state index contributed by atoms with van der Waals surface area (Å²) in [7, 11) is 0. The number of benzene rings is 1. The number of aliphatic carboxylic acids is 1. The Morgan fingerprint density at radius 1 is 1.35 bits per heavy atom. The van der Waals surface area contributed by atoms with Gasteiger partial charge < -0.3 is 9.67 Å². The van der Waals surface area contributed by atoms with Crippen molar-refractivity contribution in [3.05, 3.63) is 58.5 Å². The molecule has 0 fully saturated rings. The Morgan fingerprint density at radius 2 is 2.05 bits per heavy atom. The molecule has 0 saturated carbocycles. The van der Waals surface area contributed by atoms with Gasteiger partial charge in [-0.1, -0.05) is 42.1 Å². The molecule has 1 aromatic heterocycles. The van der Waals surface area contributed by atoms with Crippen molar-refractivity contribution >= 4 is 17.7 Å². The lowest BCUT2D eigenvalue weighted by molar-refractivity contribution is -0.133. The lowest BCUT2D eigenvalue weighted by Gasteiger charge is -2.19. The summed E-state index contributed by atoms with van der Waals surface area (Å²) in [6, 6.07) is 11.1. The van der Waals surface area contributed by atoms with Gasteiger partial charge in [-0.05, 0) is 12.5 Å². The molecule has 20 heavy (non-hydrogen) atoms. The van der Waals surface area contributed by atoms with Crippen LogP contribution in [-0.4, -0.2) is 26.4 Å². The summed E-state index contributed by atoms with van der Waals surface area (Å²) in [6.07, 6.45) is 1.65. The first-order chi connectivity index (χ1) is 9.58. The number of rotatable bonds is 5. The highest BCUT2D eigenvalue weighted by Crippen LogP contribution is 2.23. The molecule has 0 aliphatic rings. The molecule has 1 aromatic carbocycles. The number of carboxylic acids is 1. The molecule has 0 saturated heterocycles. The molecule has 5 nitrogen and oxygen atoms in total. The van der Waals surface area contributed by atoms with E-state index in [1.807, 2.05) is 41.8 Å². The predicted molar refractivity (Wildman–Crippen MR) is 77.1 cm³/mol. The van der Waals surface area contributed by atoms with E-state index in [-0.39, 0.29) is 17.4 Å². The molecular formula is C14H14N2O3S. The van der Waals surface area contributed by atoms with Crippen LogP contribution in [0.4, 0.5) is 0 Å². The van der Waals surface area contributed by atoms with Crippen LogP contribution in [0.15, 0.2) is 52.5 Å². The highest BCUT2D eigenvalue weighted by molar-refractivity contribution is 7.99. The zero-order valence-electron chi connectivity index (χ0n) is 10.9. The third kappa shape index (κ3) is 3.48. The average molecular weight is 290 g/mol.